The molecule has 16 heavy (non-hydrogen) atoms. The Balaban J connectivity index is 4.27. The first-order chi connectivity index (χ1) is 7.36. The van der Waals surface area contributed by atoms with Gasteiger partial charge in [0.05, 0.1) is 0 Å². The van der Waals surface area contributed by atoms with Gasteiger partial charge in [-0.1, -0.05) is 27.7 Å². The third kappa shape index (κ3) is 4.39. The average molecular weight is 262 g/mol. The van der Waals surface area contributed by atoms with Crippen LogP contribution in [0.25, 0.3) is 0 Å². The highest BCUT2D eigenvalue weighted by atomic mass is 28.4. The fourth-order valence-corrected chi connectivity index (χ4v) is 10.3. The average Bonchev–Trinajstić information content (AvgIpc) is 2.16. The Kier molecular flexibility index (Phi) is 7.18. The van der Waals surface area contributed by atoms with Crippen molar-refractivity contribution in [3.63, 3.8) is 0 Å². The normalized spacial score (nSPS) is 12.4. The summed E-state index contributed by atoms with van der Waals surface area (Å²) in [5.74, 6) is 0.0631. The molecule has 0 heterocycles. The summed E-state index contributed by atoms with van der Waals surface area (Å²) in [5, 5.41) is 2.86. The summed E-state index contributed by atoms with van der Waals surface area (Å²) < 4.78 is 6.03. The molecule has 0 unspecified atom stereocenters. The third-order valence-corrected chi connectivity index (χ3v) is 11.5. The molecule has 0 radical (unpaired) electrons. The van der Waals surface area contributed by atoms with Gasteiger partial charge in [0.1, 0.15) is 10.5 Å². The lowest BCUT2D eigenvalue weighted by Gasteiger charge is -2.38. The van der Waals surface area contributed by atoms with Crippen molar-refractivity contribution in [1.29, 1.82) is 0 Å². The maximum absolute atomic E-state index is 10.8. The lowest BCUT2D eigenvalue weighted by molar-refractivity contribution is -0.118. The van der Waals surface area contributed by atoms with Gasteiger partial charge in [0.15, 0.2) is 8.32 Å². The first-order valence-electron chi connectivity index (χ1n) is 6.16. The second-order valence-corrected chi connectivity index (χ2v) is 11.4. The molecule has 0 saturated carbocycles. The summed E-state index contributed by atoms with van der Waals surface area (Å²) >= 11 is 0. The second-order valence-electron chi connectivity index (χ2n) is 5.05. The molecule has 0 aliphatic carbocycles. The van der Waals surface area contributed by atoms with Crippen LogP contribution < -0.4 is 5.32 Å². The molecule has 96 valence electrons. The van der Waals surface area contributed by atoms with Crippen molar-refractivity contribution in [3.05, 3.63) is 0 Å². The van der Waals surface area contributed by atoms with Gasteiger partial charge in [-0.05, 0) is 23.5 Å². The lowest BCUT2D eigenvalue weighted by atomic mass is 10.4. The molecule has 0 spiro atoms. The number of carbonyl (C=O) groups is 1. The quantitative estimate of drug-likeness (QED) is 0.558. The molecule has 0 fully saturated rings. The van der Waals surface area contributed by atoms with Crippen molar-refractivity contribution in [2.75, 3.05) is 6.54 Å². The number of hydrogen-bond acceptors (Lipinski definition) is 2. The fraction of sp³-hybridized carbons (Fsp3) is 0.909. The van der Waals surface area contributed by atoms with Gasteiger partial charge in [-0.15, -0.1) is 0 Å². The van der Waals surface area contributed by atoms with Crippen molar-refractivity contribution in [1.82, 2.24) is 5.32 Å². The zero-order chi connectivity index (χ0) is 12.8. The molecule has 0 saturated heterocycles. The number of carbonyl (C=O) groups excluding carboxylic acids is 1. The number of hydrogen-bond donors (Lipinski definition) is 1. The highest BCUT2D eigenvalue weighted by Gasteiger charge is 2.39. The van der Waals surface area contributed by atoms with Gasteiger partial charge in [0.2, 0.25) is 5.91 Å². The van der Waals surface area contributed by atoms with Gasteiger partial charge in [-0.3, -0.25) is 4.79 Å². The van der Waals surface area contributed by atoms with Crippen molar-refractivity contribution in [2.45, 2.75) is 58.2 Å². The molecule has 0 aromatic heterocycles. The molecule has 0 rings (SSSR count). The van der Waals surface area contributed by atoms with E-state index in [2.05, 4.69) is 33.0 Å². The summed E-state index contributed by atoms with van der Waals surface area (Å²) in [7, 11) is -0.755. The summed E-state index contributed by atoms with van der Waals surface area (Å²) in [6.45, 7) is 11.5. The molecule has 0 aromatic rings. The minimum Gasteiger partial charge on any atom is -0.463 e. The van der Waals surface area contributed by atoms with E-state index in [9.17, 15) is 4.79 Å². The van der Waals surface area contributed by atoms with Crippen LogP contribution in [0.4, 0.5) is 0 Å². The molecule has 5 heteroatoms. The standard InChI is InChI=1S/C11H27NO2Si2/c1-9(2)16(14-15,10(3)4)8-6-7-12-11(5)13/h9-10H,6-8H2,1-5,15H3,(H,12,13). The Morgan fingerprint density at radius 1 is 1.31 bits per heavy atom. The number of nitrogens with one attached hydrogen (secondary N) is 1. The highest BCUT2D eigenvalue weighted by molar-refractivity contribution is 6.78. The zero-order valence-corrected chi connectivity index (χ0v) is 14.6. The van der Waals surface area contributed by atoms with Crippen LogP contribution in [0.3, 0.4) is 0 Å². The van der Waals surface area contributed by atoms with E-state index in [4.69, 9.17) is 4.12 Å². The largest absolute Gasteiger partial charge is 0.463 e. The molecule has 0 aliphatic rings. The second kappa shape index (κ2) is 7.24. The van der Waals surface area contributed by atoms with Crippen molar-refractivity contribution in [2.24, 2.45) is 0 Å². The van der Waals surface area contributed by atoms with Crippen LogP contribution in [-0.2, 0) is 8.91 Å². The van der Waals surface area contributed by atoms with Crippen molar-refractivity contribution < 1.29 is 8.91 Å². The topological polar surface area (TPSA) is 38.3 Å². The molecule has 0 bridgehead atoms. The van der Waals surface area contributed by atoms with Gasteiger partial charge >= 0.3 is 0 Å². The number of rotatable bonds is 7. The molecular formula is C11H27NO2Si2. The van der Waals surface area contributed by atoms with Crippen LogP contribution in [0.5, 0.6) is 0 Å². The Hall–Kier alpha value is -0.136. The van der Waals surface area contributed by atoms with Gasteiger partial charge in [0.25, 0.3) is 0 Å². The van der Waals surface area contributed by atoms with Crippen LogP contribution in [0.2, 0.25) is 17.1 Å². The molecule has 0 aliphatic heterocycles. The first-order valence-corrected chi connectivity index (χ1v) is 9.25. The highest BCUT2D eigenvalue weighted by Crippen LogP contribution is 2.36. The molecular weight excluding hydrogens is 234 g/mol. The maximum Gasteiger partial charge on any atom is 0.216 e. The zero-order valence-electron chi connectivity index (χ0n) is 11.6. The van der Waals surface area contributed by atoms with Crippen molar-refractivity contribution >= 4 is 24.7 Å². The van der Waals surface area contributed by atoms with E-state index < -0.39 is 8.32 Å². The predicted molar refractivity (Wildman–Crippen MR) is 75.1 cm³/mol. The van der Waals surface area contributed by atoms with E-state index in [0.717, 1.165) is 29.5 Å². The van der Waals surface area contributed by atoms with Gasteiger partial charge in [-0.2, -0.15) is 0 Å². The van der Waals surface area contributed by atoms with E-state index in [0.29, 0.717) is 11.1 Å². The van der Waals surface area contributed by atoms with Crippen molar-refractivity contribution in [3.8, 4) is 0 Å². The molecule has 0 atom stereocenters. The van der Waals surface area contributed by atoms with Gasteiger partial charge < -0.3 is 9.43 Å². The van der Waals surface area contributed by atoms with Gasteiger partial charge in [0, 0.05) is 13.5 Å². The predicted octanol–water partition coefficient (Wildman–Crippen LogP) is 1.58. The van der Waals surface area contributed by atoms with Crippen LogP contribution >= 0.6 is 0 Å². The Labute approximate surface area is 104 Å². The lowest BCUT2D eigenvalue weighted by Crippen LogP contribution is -2.44. The fourth-order valence-electron chi connectivity index (χ4n) is 2.45. The van der Waals surface area contributed by atoms with Crippen LogP contribution in [0, 0.1) is 0 Å². The van der Waals surface area contributed by atoms with Crippen LogP contribution in [0.1, 0.15) is 41.0 Å². The molecule has 0 aromatic carbocycles. The Morgan fingerprint density at radius 2 is 1.81 bits per heavy atom. The van der Waals surface area contributed by atoms with E-state index in [1.54, 1.807) is 6.92 Å². The van der Waals surface area contributed by atoms with E-state index in [1.807, 2.05) is 0 Å². The molecule has 1 amide bonds. The molecule has 1 N–H and O–H groups in total. The van der Waals surface area contributed by atoms with E-state index in [1.165, 1.54) is 0 Å². The smallest absolute Gasteiger partial charge is 0.216 e. The summed E-state index contributed by atoms with van der Waals surface area (Å²) in [4.78, 5) is 10.8. The maximum atomic E-state index is 10.8. The van der Waals surface area contributed by atoms with Crippen LogP contribution in [0.15, 0.2) is 0 Å². The Morgan fingerprint density at radius 3 is 2.12 bits per heavy atom. The Bertz CT molecular complexity index is 212. The first kappa shape index (κ1) is 15.9. The van der Waals surface area contributed by atoms with Gasteiger partial charge in [-0.25, -0.2) is 0 Å². The SMILES string of the molecule is CC(=O)NCCC[Si](O[SiH3])(C(C)C)C(C)C. The molecule has 3 nitrogen and oxygen atoms in total. The summed E-state index contributed by atoms with van der Waals surface area (Å²) in [6.07, 6.45) is 1.05. The monoisotopic (exact) mass is 261 g/mol. The third-order valence-electron chi connectivity index (χ3n) is 3.45. The van der Waals surface area contributed by atoms with E-state index in [-0.39, 0.29) is 5.91 Å². The van der Waals surface area contributed by atoms with Crippen LogP contribution in [-0.4, -0.2) is 31.3 Å². The summed E-state index contributed by atoms with van der Waals surface area (Å²) in [6, 6.07) is 1.16. The van der Waals surface area contributed by atoms with E-state index >= 15 is 0 Å². The summed E-state index contributed by atoms with van der Waals surface area (Å²) in [5.41, 5.74) is 1.31. The minimum absolute atomic E-state index is 0.0631. The number of amides is 1. The minimum atomic E-state index is -1.59.